The lowest BCUT2D eigenvalue weighted by Gasteiger charge is -2.29. The molecule has 1 aliphatic heterocycles. The van der Waals surface area contributed by atoms with Gasteiger partial charge in [-0.3, -0.25) is 10.1 Å². The monoisotopic (exact) mass is 358 g/mol. The van der Waals surface area contributed by atoms with Crippen LogP contribution in [0.5, 0.6) is 0 Å². The second-order valence-corrected chi connectivity index (χ2v) is 6.42. The fraction of sp³-hybridized carbons (Fsp3) is 0.136. The number of nitro groups is 1. The maximum atomic E-state index is 10.9. The topological polar surface area (TPSA) is 64.7 Å². The molecule has 0 aromatic heterocycles. The van der Waals surface area contributed by atoms with Crippen LogP contribution >= 0.6 is 0 Å². The van der Waals surface area contributed by atoms with E-state index in [-0.39, 0.29) is 22.8 Å². The molecule has 0 saturated carbocycles. The molecule has 1 aliphatic rings. The van der Waals surface area contributed by atoms with E-state index in [0.717, 1.165) is 16.7 Å². The summed E-state index contributed by atoms with van der Waals surface area (Å²) in [4.78, 5) is 15.3. The van der Waals surface area contributed by atoms with E-state index < -0.39 is 0 Å². The Morgan fingerprint density at radius 3 is 2.11 bits per heavy atom. The summed E-state index contributed by atoms with van der Waals surface area (Å²) in [5, 5.41) is 10.9. The van der Waals surface area contributed by atoms with E-state index in [1.165, 1.54) is 12.1 Å². The zero-order valence-electron chi connectivity index (χ0n) is 14.6. The normalized spacial score (nSPS) is 19.0. The number of hydrogen-bond donors (Lipinski definition) is 0. The molecule has 1 heterocycles. The number of benzene rings is 3. The zero-order chi connectivity index (χ0) is 18.6. The SMILES string of the molecule is O=[N+]([O-])c1ccc([C@H]2C[C@H](c3ccccc3)OC(c3ccccc3)=N2)cc1. The molecule has 0 saturated heterocycles. The molecule has 0 radical (unpaired) electrons. The van der Waals surface area contributed by atoms with E-state index in [1.807, 2.05) is 60.7 Å². The minimum absolute atomic E-state index is 0.0812. The quantitative estimate of drug-likeness (QED) is 0.473. The maximum Gasteiger partial charge on any atom is 0.269 e. The van der Waals surface area contributed by atoms with Gasteiger partial charge in [-0.05, 0) is 23.3 Å². The molecule has 134 valence electrons. The molecule has 27 heavy (non-hydrogen) atoms. The Hall–Kier alpha value is -3.47. The van der Waals surface area contributed by atoms with Gasteiger partial charge in [-0.1, -0.05) is 60.7 Å². The minimum Gasteiger partial charge on any atom is -0.469 e. The predicted octanol–water partition coefficient (Wildman–Crippen LogP) is 5.24. The summed E-state index contributed by atoms with van der Waals surface area (Å²) in [5.74, 6) is 0.596. The number of aliphatic imine (C=N–C) groups is 1. The Bertz CT molecular complexity index is 954. The van der Waals surface area contributed by atoms with E-state index in [1.54, 1.807) is 12.1 Å². The standard InChI is InChI=1S/C22H18N2O3/c25-24(26)19-13-11-16(12-14-19)20-15-21(17-7-3-1-4-8-17)27-22(23-20)18-9-5-2-6-10-18/h1-14,20-21H,15H2/t20-,21-/m1/s1. The van der Waals surface area contributed by atoms with Crippen molar-refractivity contribution >= 4 is 11.6 Å². The molecule has 0 spiro atoms. The van der Waals surface area contributed by atoms with Crippen LogP contribution in [0, 0.1) is 10.1 Å². The average Bonchev–Trinajstić information content (AvgIpc) is 2.75. The first kappa shape index (κ1) is 17.0. The van der Waals surface area contributed by atoms with Crippen molar-refractivity contribution in [2.45, 2.75) is 18.6 Å². The van der Waals surface area contributed by atoms with E-state index in [4.69, 9.17) is 9.73 Å². The van der Waals surface area contributed by atoms with Crippen LogP contribution in [0.15, 0.2) is 89.9 Å². The van der Waals surface area contributed by atoms with Crippen LogP contribution in [0.25, 0.3) is 0 Å². The summed E-state index contributed by atoms with van der Waals surface area (Å²) in [7, 11) is 0. The number of nitro benzene ring substituents is 1. The van der Waals surface area contributed by atoms with Crippen LogP contribution in [-0.2, 0) is 4.74 Å². The Morgan fingerprint density at radius 2 is 1.48 bits per heavy atom. The molecule has 0 amide bonds. The van der Waals surface area contributed by atoms with Gasteiger partial charge in [0.05, 0.1) is 11.0 Å². The van der Waals surface area contributed by atoms with Gasteiger partial charge < -0.3 is 4.74 Å². The summed E-state index contributed by atoms with van der Waals surface area (Å²) in [6, 6.07) is 26.4. The Labute approximate surface area is 157 Å². The second kappa shape index (κ2) is 7.41. The third kappa shape index (κ3) is 3.72. The first-order chi connectivity index (χ1) is 13.2. The molecule has 0 unspecified atom stereocenters. The fourth-order valence-electron chi connectivity index (χ4n) is 3.23. The molecule has 2 atom stereocenters. The summed E-state index contributed by atoms with van der Waals surface area (Å²) in [6.07, 6.45) is 0.553. The molecule has 5 heteroatoms. The van der Waals surface area contributed by atoms with Gasteiger partial charge in [0, 0.05) is 24.1 Å². The maximum absolute atomic E-state index is 10.9. The van der Waals surface area contributed by atoms with Gasteiger partial charge in [0.15, 0.2) is 0 Å². The van der Waals surface area contributed by atoms with Gasteiger partial charge in [0.2, 0.25) is 5.90 Å². The lowest BCUT2D eigenvalue weighted by Crippen LogP contribution is -2.21. The largest absolute Gasteiger partial charge is 0.469 e. The second-order valence-electron chi connectivity index (χ2n) is 6.42. The average molecular weight is 358 g/mol. The zero-order valence-corrected chi connectivity index (χ0v) is 14.6. The highest BCUT2D eigenvalue weighted by molar-refractivity contribution is 5.94. The number of rotatable bonds is 4. The number of ether oxygens (including phenoxy) is 1. The van der Waals surface area contributed by atoms with Crippen LogP contribution in [0.2, 0.25) is 0 Å². The molecule has 0 bridgehead atoms. The number of nitrogens with zero attached hydrogens (tertiary/aromatic N) is 2. The van der Waals surface area contributed by atoms with Gasteiger partial charge in [0.1, 0.15) is 6.10 Å². The minimum atomic E-state index is -0.390. The summed E-state index contributed by atoms with van der Waals surface area (Å²) < 4.78 is 6.21. The third-order valence-electron chi connectivity index (χ3n) is 4.65. The first-order valence-corrected chi connectivity index (χ1v) is 8.80. The molecule has 4 rings (SSSR count). The van der Waals surface area contributed by atoms with Crippen molar-refractivity contribution in [3.05, 3.63) is 112 Å². The number of non-ortho nitro benzene ring substituents is 1. The van der Waals surface area contributed by atoms with Gasteiger partial charge in [-0.2, -0.15) is 0 Å². The van der Waals surface area contributed by atoms with Crippen LogP contribution in [0.1, 0.15) is 35.3 Å². The molecular formula is C22H18N2O3. The summed E-state index contributed by atoms with van der Waals surface area (Å²) in [5.41, 5.74) is 3.04. The van der Waals surface area contributed by atoms with E-state index in [9.17, 15) is 10.1 Å². The molecule has 3 aromatic rings. The third-order valence-corrected chi connectivity index (χ3v) is 4.65. The van der Waals surface area contributed by atoms with Crippen molar-refractivity contribution in [1.29, 1.82) is 0 Å². The van der Waals surface area contributed by atoms with Gasteiger partial charge in [-0.25, -0.2) is 4.99 Å². The highest BCUT2D eigenvalue weighted by atomic mass is 16.6. The lowest BCUT2D eigenvalue weighted by atomic mass is 9.95. The van der Waals surface area contributed by atoms with Crippen molar-refractivity contribution in [2.24, 2.45) is 4.99 Å². The molecule has 5 nitrogen and oxygen atoms in total. The van der Waals surface area contributed by atoms with Crippen LogP contribution in [-0.4, -0.2) is 10.8 Å². The van der Waals surface area contributed by atoms with E-state index >= 15 is 0 Å². The van der Waals surface area contributed by atoms with E-state index in [2.05, 4.69) is 0 Å². The summed E-state index contributed by atoms with van der Waals surface area (Å²) in [6.45, 7) is 0. The number of hydrogen-bond acceptors (Lipinski definition) is 4. The van der Waals surface area contributed by atoms with Crippen molar-refractivity contribution < 1.29 is 9.66 Å². The molecule has 0 N–H and O–H groups in total. The Balaban J connectivity index is 1.71. The fourth-order valence-corrected chi connectivity index (χ4v) is 3.23. The van der Waals surface area contributed by atoms with Crippen LogP contribution in [0.3, 0.4) is 0 Å². The van der Waals surface area contributed by atoms with Gasteiger partial charge in [-0.15, -0.1) is 0 Å². The lowest BCUT2D eigenvalue weighted by molar-refractivity contribution is -0.384. The van der Waals surface area contributed by atoms with Crippen molar-refractivity contribution in [3.63, 3.8) is 0 Å². The molecular weight excluding hydrogens is 340 g/mol. The van der Waals surface area contributed by atoms with Crippen LogP contribution < -0.4 is 0 Å². The van der Waals surface area contributed by atoms with Crippen molar-refractivity contribution in [3.8, 4) is 0 Å². The summed E-state index contributed by atoms with van der Waals surface area (Å²) >= 11 is 0. The van der Waals surface area contributed by atoms with Crippen LogP contribution in [0.4, 0.5) is 5.69 Å². The van der Waals surface area contributed by atoms with Crippen molar-refractivity contribution in [1.82, 2.24) is 0 Å². The molecule has 3 aromatic carbocycles. The smallest absolute Gasteiger partial charge is 0.269 e. The Morgan fingerprint density at radius 1 is 0.852 bits per heavy atom. The Kier molecular flexibility index (Phi) is 4.66. The molecule has 0 aliphatic carbocycles. The predicted molar refractivity (Wildman–Crippen MR) is 104 cm³/mol. The highest BCUT2D eigenvalue weighted by Crippen LogP contribution is 2.37. The highest BCUT2D eigenvalue weighted by Gasteiger charge is 2.28. The molecule has 0 fully saturated rings. The van der Waals surface area contributed by atoms with E-state index in [0.29, 0.717) is 12.3 Å². The van der Waals surface area contributed by atoms with Crippen molar-refractivity contribution in [2.75, 3.05) is 0 Å². The van der Waals surface area contributed by atoms with Gasteiger partial charge in [0.25, 0.3) is 5.69 Å². The first-order valence-electron chi connectivity index (χ1n) is 8.80. The van der Waals surface area contributed by atoms with Gasteiger partial charge >= 0.3 is 0 Å².